The molecule has 33 heavy (non-hydrogen) atoms. The molecule has 12 nitrogen and oxygen atoms in total. The lowest BCUT2D eigenvalue weighted by atomic mass is 10.1. The Kier molecular flexibility index (Phi) is 7.51. The van der Waals surface area contributed by atoms with Crippen molar-refractivity contribution in [3.05, 3.63) is 35.9 Å². The van der Waals surface area contributed by atoms with Crippen LogP contribution in [0.25, 0.3) is 0 Å². The molecule has 0 radical (unpaired) electrons. The summed E-state index contributed by atoms with van der Waals surface area (Å²) in [7, 11) is 0. The van der Waals surface area contributed by atoms with E-state index in [0.717, 1.165) is 5.56 Å². The van der Waals surface area contributed by atoms with E-state index in [4.69, 9.17) is 24.7 Å². The van der Waals surface area contributed by atoms with Gasteiger partial charge in [0, 0.05) is 6.42 Å². The largest absolute Gasteiger partial charge is 0.480 e. The molecule has 1 aromatic carbocycles. The highest BCUT2D eigenvalue weighted by atomic mass is 16.8. The number of carboxylic acid groups (broad SMARTS) is 1. The molecular weight excluding hydrogens is 438 g/mol. The fraction of sp³-hybridized carbons (Fsp3) is 0.524. The summed E-state index contributed by atoms with van der Waals surface area (Å²) in [5, 5.41) is 14.2. The number of rotatable bonds is 9. The molecule has 0 bridgehead atoms. The molecule has 0 saturated carbocycles. The molecule has 0 aliphatic carbocycles. The number of carbonyl (C=O) groups is 4. The van der Waals surface area contributed by atoms with Gasteiger partial charge in [0.2, 0.25) is 11.8 Å². The fourth-order valence-corrected chi connectivity index (χ4v) is 3.61. The number of alkyl carbamates (subject to hydrolysis) is 1. The monoisotopic (exact) mass is 465 g/mol. The van der Waals surface area contributed by atoms with Gasteiger partial charge in [-0.1, -0.05) is 30.3 Å². The smallest absolute Gasteiger partial charge is 0.408 e. The first kappa shape index (κ1) is 24.4. The summed E-state index contributed by atoms with van der Waals surface area (Å²) < 4.78 is 21.9. The Balaban J connectivity index is 1.49. The number of carboxylic acids is 1. The minimum atomic E-state index is -1.35. The Hall–Kier alpha value is -3.22. The third kappa shape index (κ3) is 6.40. The van der Waals surface area contributed by atoms with Gasteiger partial charge in [0.15, 0.2) is 18.1 Å². The van der Waals surface area contributed by atoms with E-state index in [1.165, 1.54) is 0 Å². The highest BCUT2D eigenvalue weighted by Crippen LogP contribution is 2.37. The minimum absolute atomic E-state index is 0.0273. The highest BCUT2D eigenvalue weighted by Gasteiger charge is 2.57. The third-order valence-electron chi connectivity index (χ3n) is 5.10. The van der Waals surface area contributed by atoms with Crippen molar-refractivity contribution in [1.29, 1.82) is 0 Å². The average Bonchev–Trinajstić information content (AvgIpc) is 3.23. The molecule has 1 unspecified atom stereocenters. The van der Waals surface area contributed by atoms with Crippen molar-refractivity contribution in [3.63, 3.8) is 0 Å². The van der Waals surface area contributed by atoms with Gasteiger partial charge in [0.25, 0.3) is 0 Å². The van der Waals surface area contributed by atoms with Crippen molar-refractivity contribution in [1.82, 2.24) is 10.6 Å². The molecule has 5 N–H and O–H groups in total. The summed E-state index contributed by atoms with van der Waals surface area (Å²) in [6, 6.07) is 7.53. The molecule has 3 amide bonds. The van der Waals surface area contributed by atoms with E-state index in [-0.39, 0.29) is 19.4 Å². The van der Waals surface area contributed by atoms with E-state index in [0.29, 0.717) is 0 Å². The Labute approximate surface area is 189 Å². The first-order valence-electron chi connectivity index (χ1n) is 10.4. The molecule has 0 aromatic heterocycles. The van der Waals surface area contributed by atoms with E-state index in [1.807, 2.05) is 6.07 Å². The van der Waals surface area contributed by atoms with Crippen molar-refractivity contribution in [2.75, 3.05) is 0 Å². The quantitative estimate of drug-likeness (QED) is 0.391. The standard InChI is InChI=1S/C21H27N3O9/c1-21(2)32-14-15(17(22)26)31-18(16(14)33-21)24-13(25)9-8-12(19(27)28)23-20(29)30-10-11-6-4-3-5-7-11/h3-7,12,14-16,18H,8-10H2,1-2H3,(H2,22,26)(H,23,29)(H,24,25)(H,27,28)/t12-,14+,15-,16+,18?/m0/s1. The lowest BCUT2D eigenvalue weighted by Gasteiger charge is -2.23. The van der Waals surface area contributed by atoms with Gasteiger partial charge in [-0.25, -0.2) is 9.59 Å². The molecule has 0 spiro atoms. The Morgan fingerprint density at radius 1 is 1.15 bits per heavy atom. The summed E-state index contributed by atoms with van der Waals surface area (Å²) in [6.45, 7) is 3.28. The van der Waals surface area contributed by atoms with Gasteiger partial charge in [-0.15, -0.1) is 0 Å². The van der Waals surface area contributed by atoms with Gasteiger partial charge in [0.05, 0.1) is 0 Å². The van der Waals surface area contributed by atoms with Crippen molar-refractivity contribution in [2.24, 2.45) is 5.73 Å². The van der Waals surface area contributed by atoms with Crippen LogP contribution in [-0.4, -0.2) is 65.4 Å². The van der Waals surface area contributed by atoms with Gasteiger partial charge >= 0.3 is 12.1 Å². The SMILES string of the molecule is CC1(C)O[C@@H]2[C@@H](C(N)=O)OC(NC(=O)CC[C@H](NC(=O)OCc3ccccc3)C(=O)O)[C@@H]2O1. The number of hydrogen-bond acceptors (Lipinski definition) is 8. The summed E-state index contributed by atoms with van der Waals surface area (Å²) in [5.41, 5.74) is 6.09. The lowest BCUT2D eigenvalue weighted by molar-refractivity contribution is -0.192. The summed E-state index contributed by atoms with van der Waals surface area (Å²) in [5.74, 6) is -3.64. The van der Waals surface area contributed by atoms with Crippen molar-refractivity contribution >= 4 is 23.9 Å². The Morgan fingerprint density at radius 2 is 1.82 bits per heavy atom. The van der Waals surface area contributed by atoms with Crippen LogP contribution in [0.15, 0.2) is 30.3 Å². The van der Waals surface area contributed by atoms with Crippen LogP contribution >= 0.6 is 0 Å². The predicted molar refractivity (Wildman–Crippen MR) is 110 cm³/mol. The van der Waals surface area contributed by atoms with Crippen LogP contribution in [0.4, 0.5) is 4.79 Å². The predicted octanol–water partition coefficient (Wildman–Crippen LogP) is -0.00730. The third-order valence-corrected chi connectivity index (χ3v) is 5.10. The molecule has 2 aliphatic rings. The number of aliphatic carboxylic acids is 1. The summed E-state index contributed by atoms with van der Waals surface area (Å²) in [6.07, 6.45) is -5.03. The van der Waals surface area contributed by atoms with E-state index < -0.39 is 60.2 Å². The number of fused-ring (bicyclic) bond motifs is 1. The number of benzene rings is 1. The summed E-state index contributed by atoms with van der Waals surface area (Å²) in [4.78, 5) is 47.5. The minimum Gasteiger partial charge on any atom is -0.480 e. The molecular formula is C21H27N3O9. The maximum absolute atomic E-state index is 12.4. The van der Waals surface area contributed by atoms with Gasteiger partial charge in [0.1, 0.15) is 24.9 Å². The van der Waals surface area contributed by atoms with E-state index in [1.54, 1.807) is 38.1 Å². The number of nitrogens with two attached hydrogens (primary N) is 1. The second kappa shape index (κ2) is 10.1. The van der Waals surface area contributed by atoms with Crippen molar-refractivity contribution < 1.29 is 43.2 Å². The number of amides is 3. The second-order valence-corrected chi connectivity index (χ2v) is 8.15. The molecule has 180 valence electrons. The number of carbonyl (C=O) groups excluding carboxylic acids is 3. The van der Waals surface area contributed by atoms with Crippen LogP contribution in [0.5, 0.6) is 0 Å². The average molecular weight is 465 g/mol. The highest BCUT2D eigenvalue weighted by molar-refractivity contribution is 5.82. The molecule has 12 heteroatoms. The first-order chi connectivity index (χ1) is 15.6. The van der Waals surface area contributed by atoms with Crippen LogP contribution in [-0.2, 0) is 39.9 Å². The summed E-state index contributed by atoms with van der Waals surface area (Å²) >= 11 is 0. The zero-order chi connectivity index (χ0) is 24.2. The van der Waals surface area contributed by atoms with Crippen LogP contribution in [0.2, 0.25) is 0 Å². The van der Waals surface area contributed by atoms with Crippen molar-refractivity contribution in [3.8, 4) is 0 Å². The number of primary amides is 1. The van der Waals surface area contributed by atoms with Gasteiger partial charge in [-0.3, -0.25) is 9.59 Å². The number of hydrogen-bond donors (Lipinski definition) is 4. The maximum Gasteiger partial charge on any atom is 0.408 e. The number of nitrogens with one attached hydrogen (secondary N) is 2. The van der Waals surface area contributed by atoms with Gasteiger partial charge in [-0.2, -0.15) is 0 Å². The lowest BCUT2D eigenvalue weighted by Crippen LogP contribution is -2.45. The molecule has 1 aromatic rings. The molecule has 5 atom stereocenters. The normalized spacial score (nSPS) is 26.1. The zero-order valence-electron chi connectivity index (χ0n) is 18.2. The van der Waals surface area contributed by atoms with Crippen molar-refractivity contribution in [2.45, 2.75) is 69.7 Å². The van der Waals surface area contributed by atoms with Crippen LogP contribution in [0.3, 0.4) is 0 Å². The maximum atomic E-state index is 12.4. The molecule has 2 fully saturated rings. The Morgan fingerprint density at radius 3 is 2.45 bits per heavy atom. The van der Waals surface area contributed by atoms with Crippen LogP contribution in [0.1, 0.15) is 32.3 Å². The fourth-order valence-electron chi connectivity index (χ4n) is 3.61. The molecule has 2 aliphatic heterocycles. The van der Waals surface area contributed by atoms with E-state index in [9.17, 15) is 24.3 Å². The topological polar surface area (TPSA) is 176 Å². The van der Waals surface area contributed by atoms with Crippen LogP contribution in [0, 0.1) is 0 Å². The molecule has 2 heterocycles. The first-order valence-corrected chi connectivity index (χ1v) is 10.4. The van der Waals surface area contributed by atoms with Gasteiger partial charge < -0.3 is 40.4 Å². The van der Waals surface area contributed by atoms with Gasteiger partial charge in [-0.05, 0) is 25.8 Å². The van der Waals surface area contributed by atoms with Crippen LogP contribution < -0.4 is 16.4 Å². The molecule has 2 saturated heterocycles. The van der Waals surface area contributed by atoms with E-state index in [2.05, 4.69) is 10.6 Å². The second-order valence-electron chi connectivity index (χ2n) is 8.15. The van der Waals surface area contributed by atoms with E-state index >= 15 is 0 Å². The molecule has 3 rings (SSSR count). The Bertz CT molecular complexity index is 892. The number of ether oxygens (including phenoxy) is 4. The zero-order valence-corrected chi connectivity index (χ0v) is 18.2.